The topological polar surface area (TPSA) is 89.1 Å². The molecule has 3 aliphatic rings. The quantitative estimate of drug-likeness (QED) is 0.680. The zero-order chi connectivity index (χ0) is 24.3. The summed E-state index contributed by atoms with van der Waals surface area (Å²) in [5.74, 6) is 1.29. The van der Waals surface area contributed by atoms with Crippen molar-refractivity contribution in [3.8, 4) is 11.5 Å². The van der Waals surface area contributed by atoms with Crippen LogP contribution in [0.5, 0.6) is 11.5 Å². The molecular weight excluding hydrogens is 446 g/mol. The molecule has 2 aromatic rings. The number of aryl methyl sites for hydroxylation is 1. The second kappa shape index (κ2) is 10.2. The van der Waals surface area contributed by atoms with Gasteiger partial charge in [0.25, 0.3) is 0 Å². The summed E-state index contributed by atoms with van der Waals surface area (Å²) in [7, 11) is 0. The van der Waals surface area contributed by atoms with Crippen molar-refractivity contribution in [3.05, 3.63) is 53.6 Å². The zero-order valence-electron chi connectivity index (χ0n) is 20.2. The van der Waals surface area contributed by atoms with Crippen LogP contribution in [0.25, 0.3) is 0 Å². The number of carbonyl (C=O) groups excluding carboxylic acids is 2. The number of carbonyl (C=O) groups is 2. The van der Waals surface area contributed by atoms with Gasteiger partial charge in [0.05, 0.1) is 5.92 Å². The van der Waals surface area contributed by atoms with Crippen LogP contribution < -0.4 is 20.1 Å². The van der Waals surface area contributed by atoms with E-state index in [4.69, 9.17) is 14.2 Å². The van der Waals surface area contributed by atoms with Gasteiger partial charge in [-0.25, -0.2) is 4.79 Å². The molecule has 2 aromatic carbocycles. The molecule has 35 heavy (non-hydrogen) atoms. The Hall–Kier alpha value is -3.26. The highest BCUT2D eigenvalue weighted by atomic mass is 16.7. The predicted octanol–water partition coefficient (Wildman–Crippen LogP) is 3.83. The Labute approximate surface area is 205 Å². The third kappa shape index (κ3) is 5.22. The number of hydrogen-bond acceptors (Lipinski definition) is 5. The highest BCUT2D eigenvalue weighted by Crippen LogP contribution is 2.40. The standard InChI is InChI=1S/C27H33N3O5/c1-19-4-2-6-22(14-19)29-26(32)30-11-3-5-20(16-30)25(31)28-17-27(9-12-33-13-10-27)21-7-8-23-24(15-21)35-18-34-23/h2,4,6-8,14-15,20H,3,5,9-13,16-18H2,1H3,(H,28,31)(H,29,32). The third-order valence-electron chi connectivity index (χ3n) is 7.38. The molecule has 1 atom stereocenters. The molecule has 3 aliphatic heterocycles. The number of likely N-dealkylation sites (tertiary alicyclic amines) is 1. The molecule has 0 aliphatic carbocycles. The first-order valence-electron chi connectivity index (χ1n) is 12.4. The average molecular weight is 480 g/mol. The minimum Gasteiger partial charge on any atom is -0.454 e. The van der Waals surface area contributed by atoms with Crippen molar-refractivity contribution in [2.45, 2.75) is 38.0 Å². The van der Waals surface area contributed by atoms with E-state index in [1.807, 2.05) is 43.3 Å². The van der Waals surface area contributed by atoms with Gasteiger partial charge in [0, 0.05) is 44.0 Å². The molecule has 1 unspecified atom stereocenters. The zero-order valence-corrected chi connectivity index (χ0v) is 20.2. The van der Waals surface area contributed by atoms with Gasteiger partial charge in [0.2, 0.25) is 12.7 Å². The van der Waals surface area contributed by atoms with Crippen LogP contribution in [0.2, 0.25) is 0 Å². The van der Waals surface area contributed by atoms with E-state index in [9.17, 15) is 9.59 Å². The number of rotatable bonds is 5. The molecule has 2 N–H and O–H groups in total. The SMILES string of the molecule is Cc1cccc(NC(=O)N2CCCC(C(=O)NCC3(c4ccc5c(c4)OCO5)CCOCC3)C2)c1. The van der Waals surface area contributed by atoms with E-state index < -0.39 is 0 Å². The summed E-state index contributed by atoms with van der Waals surface area (Å²) in [4.78, 5) is 27.8. The Kier molecular flexibility index (Phi) is 6.81. The number of amides is 3. The van der Waals surface area contributed by atoms with E-state index in [-0.39, 0.29) is 30.1 Å². The van der Waals surface area contributed by atoms with E-state index in [2.05, 4.69) is 16.7 Å². The second-order valence-electron chi connectivity index (χ2n) is 9.76. The summed E-state index contributed by atoms with van der Waals surface area (Å²) in [5, 5.41) is 6.18. The number of benzene rings is 2. The number of nitrogens with zero attached hydrogens (tertiary/aromatic N) is 1. The molecule has 8 nitrogen and oxygen atoms in total. The third-order valence-corrected chi connectivity index (χ3v) is 7.38. The maximum absolute atomic E-state index is 13.2. The summed E-state index contributed by atoms with van der Waals surface area (Å²) in [6.07, 6.45) is 3.23. The maximum Gasteiger partial charge on any atom is 0.321 e. The number of ether oxygens (including phenoxy) is 3. The molecule has 5 rings (SSSR count). The van der Waals surface area contributed by atoms with Gasteiger partial charge >= 0.3 is 6.03 Å². The smallest absolute Gasteiger partial charge is 0.321 e. The van der Waals surface area contributed by atoms with Crippen LogP contribution in [0.4, 0.5) is 10.5 Å². The second-order valence-corrected chi connectivity index (χ2v) is 9.76. The van der Waals surface area contributed by atoms with Crippen molar-refractivity contribution in [1.29, 1.82) is 0 Å². The first-order valence-corrected chi connectivity index (χ1v) is 12.4. The number of hydrogen-bond donors (Lipinski definition) is 2. The van der Waals surface area contributed by atoms with Crippen molar-refractivity contribution in [2.24, 2.45) is 5.92 Å². The van der Waals surface area contributed by atoms with Crippen molar-refractivity contribution in [1.82, 2.24) is 10.2 Å². The van der Waals surface area contributed by atoms with E-state index in [1.54, 1.807) is 4.90 Å². The number of piperidine rings is 1. The molecule has 3 amide bonds. The van der Waals surface area contributed by atoms with Gasteiger partial charge in [-0.1, -0.05) is 18.2 Å². The Bertz CT molecular complexity index is 1080. The van der Waals surface area contributed by atoms with Crippen LogP contribution in [0.1, 0.15) is 36.8 Å². The molecule has 0 spiro atoms. The highest BCUT2D eigenvalue weighted by Gasteiger charge is 2.37. The molecule has 8 heteroatoms. The van der Waals surface area contributed by atoms with Gasteiger partial charge in [-0.3, -0.25) is 4.79 Å². The van der Waals surface area contributed by atoms with Gasteiger partial charge < -0.3 is 29.7 Å². The Morgan fingerprint density at radius 2 is 1.91 bits per heavy atom. The Balaban J connectivity index is 1.22. The van der Waals surface area contributed by atoms with E-state index in [0.29, 0.717) is 32.8 Å². The lowest BCUT2D eigenvalue weighted by atomic mass is 9.74. The van der Waals surface area contributed by atoms with Gasteiger partial charge in [-0.2, -0.15) is 0 Å². The largest absolute Gasteiger partial charge is 0.454 e. The van der Waals surface area contributed by atoms with Gasteiger partial charge in [0.1, 0.15) is 0 Å². The lowest BCUT2D eigenvalue weighted by Crippen LogP contribution is -2.50. The van der Waals surface area contributed by atoms with E-state index in [1.165, 1.54) is 0 Å². The lowest BCUT2D eigenvalue weighted by molar-refractivity contribution is -0.126. The minimum absolute atomic E-state index is 0.00432. The van der Waals surface area contributed by atoms with Crippen molar-refractivity contribution >= 4 is 17.6 Å². The summed E-state index contributed by atoms with van der Waals surface area (Å²) in [6.45, 7) is 5.14. The minimum atomic E-state index is -0.222. The summed E-state index contributed by atoms with van der Waals surface area (Å²) >= 11 is 0. The number of anilines is 1. The first kappa shape index (κ1) is 23.5. The fourth-order valence-corrected chi connectivity index (χ4v) is 5.26. The number of urea groups is 1. The molecule has 0 bridgehead atoms. The van der Waals surface area contributed by atoms with Crippen LogP contribution in [0, 0.1) is 12.8 Å². The average Bonchev–Trinajstić information content (AvgIpc) is 3.36. The monoisotopic (exact) mass is 479 g/mol. The van der Waals surface area contributed by atoms with E-state index in [0.717, 1.165) is 54.0 Å². The highest BCUT2D eigenvalue weighted by molar-refractivity contribution is 5.90. The van der Waals surface area contributed by atoms with Crippen molar-refractivity contribution in [2.75, 3.05) is 45.0 Å². The van der Waals surface area contributed by atoms with Crippen molar-refractivity contribution < 1.29 is 23.8 Å². The molecule has 2 fully saturated rings. The Morgan fingerprint density at radius 3 is 2.74 bits per heavy atom. The van der Waals surface area contributed by atoms with Crippen LogP contribution in [0.3, 0.4) is 0 Å². The van der Waals surface area contributed by atoms with Gasteiger partial charge in [0.15, 0.2) is 11.5 Å². The lowest BCUT2D eigenvalue weighted by Gasteiger charge is -2.39. The normalized spacial score (nSPS) is 20.8. The van der Waals surface area contributed by atoms with E-state index >= 15 is 0 Å². The fourth-order valence-electron chi connectivity index (χ4n) is 5.26. The van der Waals surface area contributed by atoms with Crippen molar-refractivity contribution in [3.63, 3.8) is 0 Å². The number of nitrogens with one attached hydrogen (secondary N) is 2. The molecule has 2 saturated heterocycles. The molecular formula is C27H33N3O5. The maximum atomic E-state index is 13.2. The molecule has 3 heterocycles. The fraction of sp³-hybridized carbons (Fsp3) is 0.481. The molecule has 0 saturated carbocycles. The van der Waals surface area contributed by atoms with Crippen LogP contribution in [-0.4, -0.2) is 56.5 Å². The van der Waals surface area contributed by atoms with Crippen LogP contribution >= 0.6 is 0 Å². The van der Waals surface area contributed by atoms with Crippen LogP contribution in [0.15, 0.2) is 42.5 Å². The summed E-state index contributed by atoms with van der Waals surface area (Å²) in [6, 6.07) is 13.6. The molecule has 186 valence electrons. The summed E-state index contributed by atoms with van der Waals surface area (Å²) in [5.41, 5.74) is 2.77. The number of fused-ring (bicyclic) bond motifs is 1. The van der Waals surface area contributed by atoms with Gasteiger partial charge in [-0.05, 0) is 68.0 Å². The van der Waals surface area contributed by atoms with Gasteiger partial charge in [-0.15, -0.1) is 0 Å². The predicted molar refractivity (Wildman–Crippen MR) is 132 cm³/mol. The summed E-state index contributed by atoms with van der Waals surface area (Å²) < 4.78 is 16.7. The Morgan fingerprint density at radius 1 is 1.09 bits per heavy atom. The van der Waals surface area contributed by atoms with Crippen LogP contribution in [-0.2, 0) is 14.9 Å². The first-order chi connectivity index (χ1) is 17.0. The molecule has 0 aromatic heterocycles. The molecule has 0 radical (unpaired) electrons.